The molecule has 13 heteroatoms. The van der Waals surface area contributed by atoms with Gasteiger partial charge in [0, 0.05) is 30.9 Å². The summed E-state index contributed by atoms with van der Waals surface area (Å²) >= 11 is 0. The highest BCUT2D eigenvalue weighted by molar-refractivity contribution is 5.97. The van der Waals surface area contributed by atoms with Crippen LogP contribution in [0.4, 0.5) is 32.2 Å². The van der Waals surface area contributed by atoms with Crippen molar-refractivity contribution in [1.82, 2.24) is 14.9 Å². The third-order valence-corrected chi connectivity index (χ3v) is 5.66. The van der Waals surface area contributed by atoms with Crippen LogP contribution < -0.4 is 21.8 Å². The molecule has 1 aromatic carbocycles. The van der Waals surface area contributed by atoms with Gasteiger partial charge in [-0.05, 0) is 37.8 Å². The number of nitrogens with two attached hydrogens (primary N) is 1. The Kier molecular flexibility index (Phi) is 6.69. The maximum absolute atomic E-state index is 14.7. The van der Waals surface area contributed by atoms with Crippen molar-refractivity contribution in [3.63, 3.8) is 0 Å². The van der Waals surface area contributed by atoms with Crippen LogP contribution in [0.25, 0.3) is 16.7 Å². The van der Waals surface area contributed by atoms with Gasteiger partial charge in [-0.15, -0.1) is 0 Å². The van der Waals surface area contributed by atoms with E-state index in [1.54, 1.807) is 6.92 Å². The molecule has 0 aliphatic heterocycles. The van der Waals surface area contributed by atoms with Crippen molar-refractivity contribution in [2.75, 3.05) is 11.9 Å². The molecule has 0 bridgehead atoms. The van der Waals surface area contributed by atoms with Gasteiger partial charge in [0.15, 0.2) is 17.3 Å². The lowest BCUT2D eigenvalue weighted by Crippen LogP contribution is -2.48. The Morgan fingerprint density at radius 1 is 1.19 bits per heavy atom. The fourth-order valence-electron chi connectivity index (χ4n) is 3.78. The third kappa shape index (κ3) is 5.15. The largest absolute Gasteiger partial charge is 0.408 e. The molecular formula is C23H21F6N5O2. The van der Waals surface area contributed by atoms with E-state index < -0.39 is 58.2 Å². The molecule has 4 N–H and O–H groups in total. The molecule has 36 heavy (non-hydrogen) atoms. The van der Waals surface area contributed by atoms with Gasteiger partial charge in [0.1, 0.15) is 28.9 Å². The van der Waals surface area contributed by atoms with Crippen molar-refractivity contribution < 1.29 is 31.1 Å². The molecule has 0 spiro atoms. The molecule has 1 aliphatic rings. The number of hydrogen-bond donors (Lipinski definition) is 3. The van der Waals surface area contributed by atoms with Crippen LogP contribution in [0.15, 0.2) is 35.3 Å². The van der Waals surface area contributed by atoms with E-state index in [4.69, 9.17) is 5.73 Å². The maximum atomic E-state index is 14.7. The zero-order valence-corrected chi connectivity index (χ0v) is 18.8. The quantitative estimate of drug-likeness (QED) is 0.419. The minimum atomic E-state index is -4.76. The van der Waals surface area contributed by atoms with Crippen LogP contribution in [0.2, 0.25) is 0 Å². The predicted octanol–water partition coefficient (Wildman–Crippen LogP) is 3.63. The second-order valence-electron chi connectivity index (χ2n) is 8.72. The summed E-state index contributed by atoms with van der Waals surface area (Å²) in [6.45, 7) is 1.95. The first-order chi connectivity index (χ1) is 16.9. The highest BCUT2D eigenvalue weighted by Crippen LogP contribution is 2.40. The molecule has 2 atom stereocenters. The SMILES string of the molecule is CC(N)CNc1ccc2c(=O)c(C(=O)NC(C3CC3)C(F)(F)F)cn(-c3c(F)cc(F)cc3F)c2n1. The van der Waals surface area contributed by atoms with Gasteiger partial charge in [-0.1, -0.05) is 0 Å². The summed E-state index contributed by atoms with van der Waals surface area (Å²) < 4.78 is 84.0. The summed E-state index contributed by atoms with van der Waals surface area (Å²) in [6.07, 6.45) is -3.56. The molecule has 1 amide bonds. The molecule has 192 valence electrons. The van der Waals surface area contributed by atoms with Gasteiger partial charge in [0.2, 0.25) is 5.43 Å². The van der Waals surface area contributed by atoms with Crippen LogP contribution in [-0.2, 0) is 0 Å². The van der Waals surface area contributed by atoms with Gasteiger partial charge >= 0.3 is 6.18 Å². The molecular weight excluding hydrogens is 492 g/mol. The van der Waals surface area contributed by atoms with Crippen molar-refractivity contribution in [3.8, 4) is 5.69 Å². The number of nitrogens with one attached hydrogen (secondary N) is 2. The molecule has 4 rings (SSSR count). The number of amides is 1. The number of carbonyl (C=O) groups is 1. The molecule has 1 saturated carbocycles. The van der Waals surface area contributed by atoms with Crippen LogP contribution in [0.5, 0.6) is 0 Å². The summed E-state index contributed by atoms with van der Waals surface area (Å²) in [5.41, 5.74) is 2.72. The molecule has 2 heterocycles. The molecule has 7 nitrogen and oxygen atoms in total. The number of hydrogen-bond acceptors (Lipinski definition) is 5. The third-order valence-electron chi connectivity index (χ3n) is 5.66. The number of halogens is 6. The lowest BCUT2D eigenvalue weighted by atomic mass is 10.1. The normalized spacial score (nSPS) is 15.6. The summed E-state index contributed by atoms with van der Waals surface area (Å²) in [5, 5.41) is 4.40. The molecule has 1 aliphatic carbocycles. The highest BCUT2D eigenvalue weighted by atomic mass is 19.4. The lowest BCUT2D eigenvalue weighted by molar-refractivity contribution is -0.158. The van der Waals surface area contributed by atoms with E-state index in [-0.39, 0.29) is 42.3 Å². The Hall–Kier alpha value is -3.61. The molecule has 2 unspecified atom stereocenters. The van der Waals surface area contributed by atoms with Crippen molar-refractivity contribution in [2.24, 2.45) is 11.7 Å². The number of aromatic nitrogens is 2. The van der Waals surface area contributed by atoms with E-state index in [1.165, 1.54) is 12.1 Å². The number of nitrogens with zero attached hydrogens (tertiary/aromatic N) is 2. The van der Waals surface area contributed by atoms with Crippen molar-refractivity contribution in [1.29, 1.82) is 0 Å². The van der Waals surface area contributed by atoms with Gasteiger partial charge in [-0.3, -0.25) is 14.2 Å². The minimum Gasteiger partial charge on any atom is -0.368 e. The fourth-order valence-corrected chi connectivity index (χ4v) is 3.78. The summed E-state index contributed by atoms with van der Waals surface area (Å²) in [4.78, 5) is 30.1. The van der Waals surface area contributed by atoms with Crippen molar-refractivity contribution in [3.05, 3.63) is 63.7 Å². The zero-order valence-electron chi connectivity index (χ0n) is 18.8. The first-order valence-electron chi connectivity index (χ1n) is 10.9. The Morgan fingerprint density at radius 2 is 1.83 bits per heavy atom. The molecule has 0 radical (unpaired) electrons. The lowest BCUT2D eigenvalue weighted by Gasteiger charge is -2.22. The summed E-state index contributed by atoms with van der Waals surface area (Å²) in [5.74, 6) is -6.02. The minimum absolute atomic E-state index is 0.166. The topological polar surface area (TPSA) is 102 Å². The van der Waals surface area contributed by atoms with Crippen LogP contribution in [-0.4, -0.2) is 40.3 Å². The van der Waals surface area contributed by atoms with Crippen molar-refractivity contribution in [2.45, 2.75) is 38.0 Å². The van der Waals surface area contributed by atoms with E-state index in [1.807, 2.05) is 5.32 Å². The summed E-state index contributed by atoms with van der Waals surface area (Å²) in [6, 6.07) is 0.841. The molecule has 2 aromatic heterocycles. The Bertz CT molecular complexity index is 1360. The van der Waals surface area contributed by atoms with Gasteiger partial charge in [0.25, 0.3) is 5.91 Å². The van der Waals surface area contributed by atoms with Crippen molar-refractivity contribution >= 4 is 22.8 Å². The molecule has 1 fully saturated rings. The van der Waals surface area contributed by atoms with Crippen LogP contribution >= 0.6 is 0 Å². The number of alkyl halides is 3. The zero-order chi connectivity index (χ0) is 26.4. The highest BCUT2D eigenvalue weighted by Gasteiger charge is 2.49. The van der Waals surface area contributed by atoms with Gasteiger partial charge in [-0.25, -0.2) is 18.2 Å². The van der Waals surface area contributed by atoms with Crippen LogP contribution in [0.3, 0.4) is 0 Å². The van der Waals surface area contributed by atoms with E-state index >= 15 is 0 Å². The Morgan fingerprint density at radius 3 is 2.39 bits per heavy atom. The van der Waals surface area contributed by atoms with E-state index in [0.29, 0.717) is 22.9 Å². The Balaban J connectivity index is 1.90. The van der Waals surface area contributed by atoms with Gasteiger partial charge in [0.05, 0.1) is 5.39 Å². The second-order valence-corrected chi connectivity index (χ2v) is 8.72. The first kappa shape index (κ1) is 25.5. The van der Waals surface area contributed by atoms with E-state index in [9.17, 15) is 35.9 Å². The number of anilines is 1. The fraction of sp³-hybridized carbons (Fsp3) is 0.348. The average Bonchev–Trinajstić information content (AvgIpc) is 3.61. The average molecular weight is 513 g/mol. The van der Waals surface area contributed by atoms with Gasteiger partial charge < -0.3 is 16.4 Å². The standard InChI is InChI=1S/C23H21F6N5O2/c1-10(30)8-31-17-5-4-13-19(35)14(22(36)33-20(11-2-3-11)23(27,28)29)9-34(21(13)32-17)18-15(25)6-12(24)7-16(18)26/h4-7,9-11,20H,2-3,8,30H2,1H3,(H,31,32)(H,33,36). The van der Waals surface area contributed by atoms with E-state index in [2.05, 4.69) is 10.3 Å². The molecule has 0 saturated heterocycles. The second kappa shape index (κ2) is 9.45. The van der Waals surface area contributed by atoms with Gasteiger partial charge in [-0.2, -0.15) is 13.2 Å². The van der Waals surface area contributed by atoms with Crippen LogP contribution in [0.1, 0.15) is 30.1 Å². The number of benzene rings is 1. The predicted molar refractivity (Wildman–Crippen MR) is 119 cm³/mol. The number of rotatable bonds is 7. The van der Waals surface area contributed by atoms with E-state index in [0.717, 1.165) is 0 Å². The smallest absolute Gasteiger partial charge is 0.368 e. The number of pyridine rings is 2. The number of fused-ring (bicyclic) bond motifs is 1. The Labute approximate surface area is 200 Å². The van der Waals surface area contributed by atoms with Crippen LogP contribution in [0, 0.1) is 23.4 Å². The monoisotopic (exact) mass is 513 g/mol. The number of carbonyl (C=O) groups excluding carboxylic acids is 1. The first-order valence-corrected chi connectivity index (χ1v) is 10.9. The molecule has 3 aromatic rings. The summed E-state index contributed by atoms with van der Waals surface area (Å²) in [7, 11) is 0. The maximum Gasteiger partial charge on any atom is 0.408 e.